The van der Waals surface area contributed by atoms with Gasteiger partial charge in [0.2, 0.25) is 11.8 Å². The molecule has 0 radical (unpaired) electrons. The highest BCUT2D eigenvalue weighted by molar-refractivity contribution is 6.06. The smallest absolute Gasteiger partial charge is 0.247 e. The van der Waals surface area contributed by atoms with Gasteiger partial charge in [-0.25, -0.2) is 0 Å². The maximum atomic E-state index is 11.8. The lowest BCUT2D eigenvalue weighted by Gasteiger charge is -2.33. The van der Waals surface area contributed by atoms with E-state index in [1.807, 2.05) is 6.92 Å². The topological polar surface area (TPSA) is 62.3 Å². The summed E-state index contributed by atoms with van der Waals surface area (Å²) in [6.07, 6.45) is 1.66. The highest BCUT2D eigenvalue weighted by Crippen LogP contribution is 2.21. The number of hydrogen-bond donors (Lipinski definition) is 1. The standard InChI is InChI=1S/C11H13N3O2/c1-7-9(4-3-5-12-7)14-8(2)11(16)13-6-10(14)15/h3-5,8H,6H2,1-2H3,(H,13,16). The average molecular weight is 219 g/mol. The van der Waals surface area contributed by atoms with Crippen molar-refractivity contribution in [2.45, 2.75) is 19.9 Å². The van der Waals surface area contributed by atoms with E-state index in [2.05, 4.69) is 10.3 Å². The summed E-state index contributed by atoms with van der Waals surface area (Å²) in [4.78, 5) is 28.9. The zero-order valence-corrected chi connectivity index (χ0v) is 9.23. The minimum Gasteiger partial charge on any atom is -0.345 e. The molecule has 1 N–H and O–H groups in total. The molecule has 0 spiro atoms. The second kappa shape index (κ2) is 3.92. The number of carbonyl (C=O) groups is 2. The molecule has 1 unspecified atom stereocenters. The highest BCUT2D eigenvalue weighted by atomic mass is 16.2. The van der Waals surface area contributed by atoms with Gasteiger partial charge in [0.1, 0.15) is 6.04 Å². The van der Waals surface area contributed by atoms with Crippen molar-refractivity contribution < 1.29 is 9.59 Å². The highest BCUT2D eigenvalue weighted by Gasteiger charge is 2.32. The van der Waals surface area contributed by atoms with E-state index in [-0.39, 0.29) is 18.4 Å². The van der Waals surface area contributed by atoms with Crippen LogP contribution in [0.1, 0.15) is 12.6 Å². The van der Waals surface area contributed by atoms with Crippen LogP contribution in [0.5, 0.6) is 0 Å². The van der Waals surface area contributed by atoms with Gasteiger partial charge in [-0.05, 0) is 26.0 Å². The fraction of sp³-hybridized carbons (Fsp3) is 0.364. The molecule has 0 bridgehead atoms. The van der Waals surface area contributed by atoms with Crippen LogP contribution in [0.15, 0.2) is 18.3 Å². The van der Waals surface area contributed by atoms with Gasteiger partial charge in [0.25, 0.3) is 0 Å². The third-order valence-electron chi connectivity index (χ3n) is 2.69. The number of nitrogens with zero attached hydrogens (tertiary/aromatic N) is 2. The van der Waals surface area contributed by atoms with Gasteiger partial charge in [-0.2, -0.15) is 0 Å². The summed E-state index contributed by atoms with van der Waals surface area (Å²) in [5, 5.41) is 2.55. The lowest BCUT2D eigenvalue weighted by Crippen LogP contribution is -2.57. The predicted octanol–water partition coefficient (Wildman–Crippen LogP) is 0.241. The number of aromatic nitrogens is 1. The van der Waals surface area contributed by atoms with Gasteiger partial charge in [-0.15, -0.1) is 0 Å². The predicted molar refractivity (Wildman–Crippen MR) is 58.9 cm³/mol. The van der Waals surface area contributed by atoms with Crippen LogP contribution in [0.3, 0.4) is 0 Å². The van der Waals surface area contributed by atoms with Crippen LogP contribution in [-0.2, 0) is 9.59 Å². The molecule has 0 saturated carbocycles. The van der Waals surface area contributed by atoms with Crippen molar-refractivity contribution in [3.63, 3.8) is 0 Å². The average Bonchev–Trinajstić information content (AvgIpc) is 2.27. The first-order chi connectivity index (χ1) is 7.61. The van der Waals surface area contributed by atoms with Crippen LogP contribution in [0.25, 0.3) is 0 Å². The molecule has 1 aliphatic heterocycles. The van der Waals surface area contributed by atoms with Crippen molar-refractivity contribution in [3.8, 4) is 0 Å². The van der Waals surface area contributed by atoms with Gasteiger partial charge in [-0.3, -0.25) is 19.5 Å². The Labute approximate surface area is 93.5 Å². The van der Waals surface area contributed by atoms with Crippen LogP contribution in [0.4, 0.5) is 5.69 Å². The Morgan fingerprint density at radius 3 is 2.94 bits per heavy atom. The third-order valence-corrected chi connectivity index (χ3v) is 2.69. The lowest BCUT2D eigenvalue weighted by molar-refractivity contribution is -0.130. The zero-order valence-electron chi connectivity index (χ0n) is 9.23. The van der Waals surface area contributed by atoms with Gasteiger partial charge in [0.05, 0.1) is 17.9 Å². The van der Waals surface area contributed by atoms with Crippen molar-refractivity contribution in [1.29, 1.82) is 0 Å². The second-order valence-electron chi connectivity index (χ2n) is 3.77. The molecule has 2 rings (SSSR count). The van der Waals surface area contributed by atoms with E-state index >= 15 is 0 Å². The lowest BCUT2D eigenvalue weighted by atomic mass is 10.1. The van der Waals surface area contributed by atoms with E-state index in [9.17, 15) is 9.59 Å². The number of pyridine rings is 1. The summed E-state index contributed by atoms with van der Waals surface area (Å²) in [6.45, 7) is 3.58. The van der Waals surface area contributed by atoms with E-state index < -0.39 is 6.04 Å². The molecule has 5 heteroatoms. The van der Waals surface area contributed by atoms with E-state index in [1.54, 1.807) is 25.3 Å². The molecule has 1 saturated heterocycles. The molecule has 2 heterocycles. The van der Waals surface area contributed by atoms with Gasteiger partial charge < -0.3 is 5.32 Å². The van der Waals surface area contributed by atoms with Gasteiger partial charge in [0.15, 0.2) is 0 Å². The summed E-state index contributed by atoms with van der Waals surface area (Å²) in [5.74, 6) is -0.244. The third kappa shape index (κ3) is 1.64. The number of aryl methyl sites for hydroxylation is 1. The Morgan fingerprint density at radius 2 is 2.25 bits per heavy atom. The number of carbonyl (C=O) groups excluding carboxylic acids is 2. The SMILES string of the molecule is Cc1ncccc1N1C(=O)CNC(=O)C1C. The molecular weight excluding hydrogens is 206 g/mol. The van der Waals surface area contributed by atoms with E-state index in [0.29, 0.717) is 5.69 Å². The minimum absolute atomic E-state index is 0.0531. The summed E-state index contributed by atoms with van der Waals surface area (Å²) < 4.78 is 0. The molecule has 5 nitrogen and oxygen atoms in total. The zero-order chi connectivity index (χ0) is 11.7. The Bertz CT molecular complexity index is 445. The molecule has 1 fully saturated rings. The molecule has 1 aromatic rings. The first-order valence-corrected chi connectivity index (χ1v) is 5.12. The molecular formula is C11H13N3O2. The van der Waals surface area contributed by atoms with Crippen molar-refractivity contribution in [1.82, 2.24) is 10.3 Å². The van der Waals surface area contributed by atoms with Crippen LogP contribution in [0.2, 0.25) is 0 Å². The summed E-state index contributed by atoms with van der Waals surface area (Å²) in [7, 11) is 0. The fourth-order valence-corrected chi connectivity index (χ4v) is 1.80. The largest absolute Gasteiger partial charge is 0.345 e. The van der Waals surface area contributed by atoms with Crippen LogP contribution in [-0.4, -0.2) is 29.4 Å². The minimum atomic E-state index is -0.482. The molecule has 84 valence electrons. The molecule has 1 atom stereocenters. The van der Waals surface area contributed by atoms with E-state index in [0.717, 1.165) is 5.69 Å². The van der Waals surface area contributed by atoms with Crippen molar-refractivity contribution in [2.75, 3.05) is 11.4 Å². The van der Waals surface area contributed by atoms with E-state index in [1.165, 1.54) is 4.90 Å². The Kier molecular flexibility index (Phi) is 2.60. The first kappa shape index (κ1) is 10.6. The fourth-order valence-electron chi connectivity index (χ4n) is 1.80. The molecule has 1 aliphatic rings. The Hall–Kier alpha value is -1.91. The van der Waals surface area contributed by atoms with Crippen molar-refractivity contribution in [3.05, 3.63) is 24.0 Å². The van der Waals surface area contributed by atoms with Crippen molar-refractivity contribution >= 4 is 17.5 Å². The van der Waals surface area contributed by atoms with Gasteiger partial charge in [-0.1, -0.05) is 0 Å². The first-order valence-electron chi connectivity index (χ1n) is 5.12. The number of amides is 2. The summed E-state index contributed by atoms with van der Waals surface area (Å²) in [5.41, 5.74) is 1.45. The maximum Gasteiger partial charge on any atom is 0.247 e. The van der Waals surface area contributed by atoms with E-state index in [4.69, 9.17) is 0 Å². The molecule has 0 aromatic carbocycles. The maximum absolute atomic E-state index is 11.8. The Balaban J connectivity index is 2.41. The summed E-state index contributed by atoms with van der Waals surface area (Å²) >= 11 is 0. The van der Waals surface area contributed by atoms with Gasteiger partial charge in [0, 0.05) is 6.20 Å². The number of nitrogens with one attached hydrogen (secondary N) is 1. The summed E-state index contributed by atoms with van der Waals surface area (Å²) in [6, 6.07) is 3.08. The molecule has 2 amide bonds. The van der Waals surface area contributed by atoms with Crippen LogP contribution >= 0.6 is 0 Å². The number of hydrogen-bond acceptors (Lipinski definition) is 3. The monoisotopic (exact) mass is 219 g/mol. The van der Waals surface area contributed by atoms with Crippen LogP contribution in [0, 0.1) is 6.92 Å². The van der Waals surface area contributed by atoms with Gasteiger partial charge >= 0.3 is 0 Å². The normalized spacial score (nSPS) is 20.9. The van der Waals surface area contributed by atoms with Crippen LogP contribution < -0.4 is 10.2 Å². The van der Waals surface area contributed by atoms with Crippen molar-refractivity contribution in [2.24, 2.45) is 0 Å². The number of rotatable bonds is 1. The quantitative estimate of drug-likeness (QED) is 0.736. The molecule has 1 aromatic heterocycles. The number of piperazine rings is 1. The number of anilines is 1. The molecule has 0 aliphatic carbocycles. The molecule has 16 heavy (non-hydrogen) atoms. The Morgan fingerprint density at radius 1 is 1.50 bits per heavy atom. The second-order valence-corrected chi connectivity index (χ2v) is 3.77.